The largest absolute Gasteiger partial charge is 0.481 e. The third kappa shape index (κ3) is 1.69. The molecule has 2 heterocycles. The quantitative estimate of drug-likeness (QED) is 0.773. The van der Waals surface area contributed by atoms with Crippen molar-refractivity contribution in [3.05, 3.63) is 24.0 Å². The molecule has 0 saturated carbocycles. The lowest BCUT2D eigenvalue weighted by atomic mass is 10.3. The molecule has 0 saturated heterocycles. The lowest BCUT2D eigenvalue weighted by Gasteiger charge is -2.17. The van der Waals surface area contributed by atoms with Crippen LogP contribution in [0.15, 0.2) is 18.3 Å². The zero-order chi connectivity index (χ0) is 9.97. The summed E-state index contributed by atoms with van der Waals surface area (Å²) in [4.78, 5) is 16.8. The fraction of sp³-hybridized carbons (Fsp3) is 0.400. The highest BCUT2D eigenvalue weighted by atomic mass is 16.4. The van der Waals surface area contributed by atoms with E-state index in [1.807, 2.05) is 12.1 Å². The third-order valence-corrected chi connectivity index (χ3v) is 2.42. The van der Waals surface area contributed by atoms with Crippen molar-refractivity contribution in [1.82, 2.24) is 4.98 Å². The summed E-state index contributed by atoms with van der Waals surface area (Å²) in [6, 6.07) is 3.88. The molecule has 74 valence electrons. The summed E-state index contributed by atoms with van der Waals surface area (Å²) in [6.07, 6.45) is 2.89. The van der Waals surface area contributed by atoms with Gasteiger partial charge >= 0.3 is 5.97 Å². The molecular formula is C10H12N2O2. The van der Waals surface area contributed by atoms with Gasteiger partial charge in [0.05, 0.1) is 17.8 Å². The molecule has 2 rings (SSSR count). The summed E-state index contributed by atoms with van der Waals surface area (Å²) < 4.78 is 0. The van der Waals surface area contributed by atoms with Crippen molar-refractivity contribution in [3.8, 4) is 0 Å². The Hall–Kier alpha value is -1.58. The number of fused-ring (bicyclic) bond motifs is 1. The van der Waals surface area contributed by atoms with Crippen molar-refractivity contribution in [3.63, 3.8) is 0 Å². The smallest absolute Gasteiger partial charge is 0.305 e. The van der Waals surface area contributed by atoms with Gasteiger partial charge in [0, 0.05) is 25.7 Å². The van der Waals surface area contributed by atoms with Crippen LogP contribution in [-0.4, -0.2) is 29.1 Å². The predicted molar refractivity (Wildman–Crippen MR) is 52.4 cm³/mol. The van der Waals surface area contributed by atoms with Crippen LogP contribution < -0.4 is 4.90 Å². The molecule has 0 unspecified atom stereocenters. The number of rotatable bonds is 3. The molecule has 0 aliphatic carbocycles. The van der Waals surface area contributed by atoms with Crippen LogP contribution in [-0.2, 0) is 11.2 Å². The maximum atomic E-state index is 10.4. The summed E-state index contributed by atoms with van der Waals surface area (Å²) in [6.45, 7) is 1.47. The number of carboxylic acids is 1. The molecule has 0 aromatic carbocycles. The maximum absolute atomic E-state index is 10.4. The molecule has 1 aliphatic rings. The Morgan fingerprint density at radius 1 is 1.64 bits per heavy atom. The van der Waals surface area contributed by atoms with Gasteiger partial charge in [0.2, 0.25) is 0 Å². The van der Waals surface area contributed by atoms with E-state index in [0.717, 1.165) is 24.3 Å². The van der Waals surface area contributed by atoms with Gasteiger partial charge in [-0.25, -0.2) is 0 Å². The number of nitrogens with zero attached hydrogens (tertiary/aromatic N) is 2. The van der Waals surface area contributed by atoms with Crippen LogP contribution in [0.25, 0.3) is 0 Å². The number of hydrogen-bond donors (Lipinski definition) is 1. The predicted octanol–water partition coefficient (Wildman–Crippen LogP) is 0.919. The lowest BCUT2D eigenvalue weighted by Crippen LogP contribution is -2.23. The van der Waals surface area contributed by atoms with Gasteiger partial charge in [0.25, 0.3) is 0 Å². The zero-order valence-corrected chi connectivity index (χ0v) is 7.81. The Balaban J connectivity index is 2.07. The van der Waals surface area contributed by atoms with Gasteiger partial charge < -0.3 is 10.0 Å². The van der Waals surface area contributed by atoms with E-state index < -0.39 is 5.97 Å². The van der Waals surface area contributed by atoms with Crippen molar-refractivity contribution in [2.24, 2.45) is 0 Å². The first-order chi connectivity index (χ1) is 6.77. The summed E-state index contributed by atoms with van der Waals surface area (Å²) in [5.74, 6) is -0.748. The third-order valence-electron chi connectivity index (χ3n) is 2.42. The van der Waals surface area contributed by atoms with Crippen molar-refractivity contribution < 1.29 is 9.90 Å². The van der Waals surface area contributed by atoms with Gasteiger partial charge in [-0.2, -0.15) is 0 Å². The number of aliphatic carboxylic acids is 1. The Morgan fingerprint density at radius 3 is 3.29 bits per heavy atom. The number of pyridine rings is 1. The van der Waals surface area contributed by atoms with Crippen LogP contribution in [0.5, 0.6) is 0 Å². The fourth-order valence-electron chi connectivity index (χ4n) is 1.73. The average molecular weight is 192 g/mol. The highest BCUT2D eigenvalue weighted by Gasteiger charge is 2.19. The molecule has 1 aliphatic heterocycles. The van der Waals surface area contributed by atoms with E-state index in [2.05, 4.69) is 9.88 Å². The van der Waals surface area contributed by atoms with Gasteiger partial charge in [-0.05, 0) is 12.1 Å². The first-order valence-electron chi connectivity index (χ1n) is 4.68. The summed E-state index contributed by atoms with van der Waals surface area (Å²) in [5, 5.41) is 8.58. The van der Waals surface area contributed by atoms with Gasteiger partial charge in [0.15, 0.2) is 0 Å². The normalized spacial score (nSPS) is 14.1. The van der Waals surface area contributed by atoms with E-state index in [9.17, 15) is 4.79 Å². The molecule has 4 heteroatoms. The van der Waals surface area contributed by atoms with Crippen molar-refractivity contribution in [2.75, 3.05) is 18.0 Å². The molecule has 4 nitrogen and oxygen atoms in total. The molecule has 1 N–H and O–H groups in total. The van der Waals surface area contributed by atoms with Crippen LogP contribution in [0.4, 0.5) is 5.69 Å². The molecule has 0 spiro atoms. The Bertz CT molecular complexity index is 352. The highest BCUT2D eigenvalue weighted by Crippen LogP contribution is 2.25. The van der Waals surface area contributed by atoms with E-state index in [0.29, 0.717) is 6.54 Å². The molecule has 0 fully saturated rings. The number of hydrogen-bond acceptors (Lipinski definition) is 3. The van der Waals surface area contributed by atoms with Crippen molar-refractivity contribution in [2.45, 2.75) is 12.8 Å². The highest BCUT2D eigenvalue weighted by molar-refractivity contribution is 5.68. The second kappa shape index (κ2) is 3.65. The van der Waals surface area contributed by atoms with E-state index in [4.69, 9.17) is 5.11 Å². The van der Waals surface area contributed by atoms with E-state index in [1.165, 1.54) is 0 Å². The second-order valence-corrected chi connectivity index (χ2v) is 3.35. The standard InChI is InChI=1S/C10H12N2O2/c13-10(14)4-7-12-6-3-8-9(12)2-1-5-11-8/h1-2,5H,3-4,6-7H2,(H,13,14). The Labute approximate surface area is 82.2 Å². The number of anilines is 1. The van der Waals surface area contributed by atoms with Crippen LogP contribution in [0.3, 0.4) is 0 Å². The topological polar surface area (TPSA) is 53.4 Å². The summed E-state index contributed by atoms with van der Waals surface area (Å²) in [7, 11) is 0. The first kappa shape index (κ1) is 8.99. The minimum atomic E-state index is -0.748. The maximum Gasteiger partial charge on any atom is 0.305 e. The van der Waals surface area contributed by atoms with Gasteiger partial charge in [-0.3, -0.25) is 9.78 Å². The molecule has 1 aromatic heterocycles. The molecule has 14 heavy (non-hydrogen) atoms. The number of aromatic nitrogens is 1. The van der Waals surface area contributed by atoms with Crippen LogP contribution in [0, 0.1) is 0 Å². The minimum absolute atomic E-state index is 0.189. The zero-order valence-electron chi connectivity index (χ0n) is 7.81. The second-order valence-electron chi connectivity index (χ2n) is 3.35. The first-order valence-corrected chi connectivity index (χ1v) is 4.68. The van der Waals surface area contributed by atoms with Gasteiger partial charge in [0.1, 0.15) is 0 Å². The molecule has 0 radical (unpaired) electrons. The lowest BCUT2D eigenvalue weighted by molar-refractivity contribution is -0.136. The Morgan fingerprint density at radius 2 is 2.50 bits per heavy atom. The van der Waals surface area contributed by atoms with Crippen LogP contribution in [0.2, 0.25) is 0 Å². The molecule has 0 atom stereocenters. The average Bonchev–Trinajstić information content (AvgIpc) is 2.58. The van der Waals surface area contributed by atoms with E-state index in [-0.39, 0.29) is 6.42 Å². The van der Waals surface area contributed by atoms with Crippen molar-refractivity contribution in [1.29, 1.82) is 0 Å². The van der Waals surface area contributed by atoms with Gasteiger partial charge in [-0.1, -0.05) is 0 Å². The fourth-order valence-corrected chi connectivity index (χ4v) is 1.73. The van der Waals surface area contributed by atoms with E-state index in [1.54, 1.807) is 6.20 Å². The van der Waals surface area contributed by atoms with Crippen molar-refractivity contribution >= 4 is 11.7 Å². The number of carbonyl (C=O) groups is 1. The molecular weight excluding hydrogens is 180 g/mol. The van der Waals surface area contributed by atoms with E-state index >= 15 is 0 Å². The molecule has 0 amide bonds. The molecule has 1 aromatic rings. The number of carboxylic acid groups (broad SMARTS) is 1. The van der Waals surface area contributed by atoms with Crippen LogP contribution in [0.1, 0.15) is 12.1 Å². The summed E-state index contributed by atoms with van der Waals surface area (Å²) >= 11 is 0. The monoisotopic (exact) mass is 192 g/mol. The van der Waals surface area contributed by atoms with Crippen LogP contribution >= 0.6 is 0 Å². The molecule has 0 bridgehead atoms. The Kier molecular flexibility index (Phi) is 2.35. The minimum Gasteiger partial charge on any atom is -0.481 e. The summed E-state index contributed by atoms with van der Waals surface area (Å²) in [5.41, 5.74) is 2.17. The van der Waals surface area contributed by atoms with Gasteiger partial charge in [-0.15, -0.1) is 0 Å². The SMILES string of the molecule is O=C(O)CCN1CCc2ncccc21.